The summed E-state index contributed by atoms with van der Waals surface area (Å²) < 4.78 is 5.19. The maximum atomic E-state index is 12.4. The van der Waals surface area contributed by atoms with Crippen molar-refractivity contribution in [3.63, 3.8) is 0 Å². The van der Waals surface area contributed by atoms with Crippen molar-refractivity contribution >= 4 is 17.6 Å². The molecule has 3 amide bonds. The van der Waals surface area contributed by atoms with E-state index in [0.717, 1.165) is 6.42 Å². The molecular formula is C16H18N4O3. The normalized spacial score (nSPS) is 17.0. The number of pyridine rings is 1. The lowest BCUT2D eigenvalue weighted by Gasteiger charge is -2.24. The van der Waals surface area contributed by atoms with Crippen molar-refractivity contribution in [1.29, 1.82) is 0 Å². The summed E-state index contributed by atoms with van der Waals surface area (Å²) in [5.41, 5.74) is 0.659. The van der Waals surface area contributed by atoms with Gasteiger partial charge in [0.25, 0.3) is 0 Å². The first-order chi connectivity index (χ1) is 11.2. The Morgan fingerprint density at radius 2 is 2.13 bits per heavy atom. The number of nitrogens with one attached hydrogen (secondary N) is 2. The molecule has 3 heterocycles. The molecule has 1 fully saturated rings. The SMILES string of the molecule is O=C(NCc1ccco1)[C@@H]1CCCN1C(=O)Nc1ccncc1. The van der Waals surface area contributed by atoms with Crippen LogP contribution in [0, 0.1) is 0 Å². The molecule has 1 atom stereocenters. The van der Waals surface area contributed by atoms with Crippen LogP contribution >= 0.6 is 0 Å². The van der Waals surface area contributed by atoms with Crippen molar-refractivity contribution in [2.75, 3.05) is 11.9 Å². The van der Waals surface area contributed by atoms with E-state index in [9.17, 15) is 9.59 Å². The average Bonchev–Trinajstić information content (AvgIpc) is 3.25. The number of furan rings is 1. The highest BCUT2D eigenvalue weighted by atomic mass is 16.3. The number of likely N-dealkylation sites (tertiary alicyclic amines) is 1. The number of nitrogens with zero attached hydrogens (tertiary/aromatic N) is 2. The van der Waals surface area contributed by atoms with Gasteiger partial charge >= 0.3 is 6.03 Å². The Labute approximate surface area is 133 Å². The lowest BCUT2D eigenvalue weighted by atomic mass is 10.2. The standard InChI is InChI=1S/C16H18N4O3/c21-15(18-11-13-3-2-10-23-13)14-4-1-9-20(14)16(22)19-12-5-7-17-8-6-12/h2-3,5-8,10,14H,1,4,9,11H2,(H,18,21)(H,17,19,22)/t14-/m0/s1. The molecule has 0 aromatic carbocycles. The van der Waals surface area contributed by atoms with Gasteiger partial charge in [-0.25, -0.2) is 4.79 Å². The molecule has 0 bridgehead atoms. The molecule has 7 nitrogen and oxygen atoms in total. The highest BCUT2D eigenvalue weighted by Crippen LogP contribution is 2.19. The summed E-state index contributed by atoms with van der Waals surface area (Å²) in [5, 5.41) is 5.60. The van der Waals surface area contributed by atoms with Crippen LogP contribution in [-0.2, 0) is 11.3 Å². The third kappa shape index (κ3) is 3.68. The Morgan fingerprint density at radius 3 is 2.87 bits per heavy atom. The van der Waals surface area contributed by atoms with E-state index in [2.05, 4.69) is 15.6 Å². The van der Waals surface area contributed by atoms with Gasteiger partial charge in [0.2, 0.25) is 5.91 Å². The molecule has 0 saturated carbocycles. The predicted octanol–water partition coefficient (Wildman–Crippen LogP) is 1.99. The minimum Gasteiger partial charge on any atom is -0.467 e. The largest absolute Gasteiger partial charge is 0.467 e. The summed E-state index contributed by atoms with van der Waals surface area (Å²) in [6.07, 6.45) is 6.24. The van der Waals surface area contributed by atoms with Gasteiger partial charge in [-0.2, -0.15) is 0 Å². The highest BCUT2D eigenvalue weighted by Gasteiger charge is 2.34. The number of carbonyl (C=O) groups is 2. The van der Waals surface area contributed by atoms with Crippen molar-refractivity contribution in [2.45, 2.75) is 25.4 Å². The molecule has 0 spiro atoms. The smallest absolute Gasteiger partial charge is 0.322 e. The molecule has 0 unspecified atom stereocenters. The van der Waals surface area contributed by atoms with Gasteiger partial charge in [-0.3, -0.25) is 9.78 Å². The van der Waals surface area contributed by atoms with Gasteiger partial charge in [-0.15, -0.1) is 0 Å². The molecule has 2 aromatic heterocycles. The number of aromatic nitrogens is 1. The number of urea groups is 1. The summed E-state index contributed by atoms with van der Waals surface area (Å²) in [6.45, 7) is 0.887. The predicted molar refractivity (Wildman–Crippen MR) is 83.5 cm³/mol. The van der Waals surface area contributed by atoms with E-state index in [4.69, 9.17) is 4.42 Å². The third-order valence-corrected chi connectivity index (χ3v) is 3.76. The second kappa shape index (κ2) is 6.95. The first-order valence-electron chi connectivity index (χ1n) is 7.52. The fraction of sp³-hybridized carbons (Fsp3) is 0.312. The molecule has 0 radical (unpaired) electrons. The van der Waals surface area contributed by atoms with Crippen LogP contribution in [0.15, 0.2) is 47.3 Å². The van der Waals surface area contributed by atoms with Gasteiger partial charge in [0.05, 0.1) is 12.8 Å². The zero-order valence-corrected chi connectivity index (χ0v) is 12.6. The Bertz CT molecular complexity index is 657. The Morgan fingerprint density at radius 1 is 1.30 bits per heavy atom. The Hall–Kier alpha value is -2.83. The topological polar surface area (TPSA) is 87.5 Å². The average molecular weight is 314 g/mol. The van der Waals surface area contributed by atoms with Crippen LogP contribution in [0.5, 0.6) is 0 Å². The number of amides is 3. The quantitative estimate of drug-likeness (QED) is 0.903. The van der Waals surface area contributed by atoms with Crippen molar-refractivity contribution in [1.82, 2.24) is 15.2 Å². The van der Waals surface area contributed by atoms with Gasteiger partial charge in [-0.05, 0) is 37.1 Å². The molecule has 120 valence electrons. The van der Waals surface area contributed by atoms with Crippen molar-refractivity contribution in [3.05, 3.63) is 48.7 Å². The molecule has 1 saturated heterocycles. The van der Waals surface area contributed by atoms with E-state index in [1.807, 2.05) is 0 Å². The number of anilines is 1. The fourth-order valence-corrected chi connectivity index (χ4v) is 2.62. The van der Waals surface area contributed by atoms with Crippen LogP contribution in [0.25, 0.3) is 0 Å². The summed E-state index contributed by atoms with van der Waals surface area (Å²) >= 11 is 0. The van der Waals surface area contributed by atoms with E-state index in [1.54, 1.807) is 47.8 Å². The number of hydrogen-bond acceptors (Lipinski definition) is 4. The molecule has 23 heavy (non-hydrogen) atoms. The van der Waals surface area contributed by atoms with Crippen molar-refractivity contribution in [3.8, 4) is 0 Å². The van der Waals surface area contributed by atoms with E-state index in [0.29, 0.717) is 31.0 Å². The first kappa shape index (κ1) is 15.1. The van der Waals surface area contributed by atoms with Crippen LogP contribution in [0.4, 0.5) is 10.5 Å². The molecule has 2 N–H and O–H groups in total. The second-order valence-electron chi connectivity index (χ2n) is 5.31. The molecule has 3 rings (SSSR count). The molecular weight excluding hydrogens is 296 g/mol. The summed E-state index contributed by atoms with van der Waals surface area (Å²) in [7, 11) is 0. The Kier molecular flexibility index (Phi) is 4.56. The molecule has 7 heteroatoms. The highest BCUT2D eigenvalue weighted by molar-refractivity contribution is 5.94. The van der Waals surface area contributed by atoms with Gasteiger partial charge in [0.15, 0.2) is 0 Å². The molecule has 1 aliphatic heterocycles. The van der Waals surface area contributed by atoms with Gasteiger partial charge in [0.1, 0.15) is 11.8 Å². The zero-order chi connectivity index (χ0) is 16.1. The third-order valence-electron chi connectivity index (χ3n) is 3.76. The summed E-state index contributed by atoms with van der Waals surface area (Å²) in [5.74, 6) is 0.521. The first-order valence-corrected chi connectivity index (χ1v) is 7.52. The van der Waals surface area contributed by atoms with E-state index >= 15 is 0 Å². The van der Waals surface area contributed by atoms with Crippen LogP contribution in [-0.4, -0.2) is 34.4 Å². The molecule has 2 aromatic rings. The number of rotatable bonds is 4. The molecule has 0 aliphatic carbocycles. The summed E-state index contributed by atoms with van der Waals surface area (Å²) in [4.78, 5) is 30.2. The minimum atomic E-state index is -0.452. The lowest BCUT2D eigenvalue weighted by molar-refractivity contribution is -0.124. The summed E-state index contributed by atoms with van der Waals surface area (Å²) in [6, 6.07) is 6.26. The van der Waals surface area contributed by atoms with Crippen molar-refractivity contribution in [2.24, 2.45) is 0 Å². The van der Waals surface area contributed by atoms with Crippen LogP contribution in [0.2, 0.25) is 0 Å². The van der Waals surface area contributed by atoms with Crippen molar-refractivity contribution < 1.29 is 14.0 Å². The van der Waals surface area contributed by atoms with Gasteiger partial charge < -0.3 is 20.0 Å². The second-order valence-corrected chi connectivity index (χ2v) is 5.31. The minimum absolute atomic E-state index is 0.163. The van der Waals surface area contributed by atoms with Gasteiger partial charge in [-0.1, -0.05) is 0 Å². The van der Waals surface area contributed by atoms with Crippen LogP contribution < -0.4 is 10.6 Å². The zero-order valence-electron chi connectivity index (χ0n) is 12.6. The number of carbonyl (C=O) groups excluding carboxylic acids is 2. The number of hydrogen-bond donors (Lipinski definition) is 2. The lowest BCUT2D eigenvalue weighted by Crippen LogP contribution is -2.47. The maximum absolute atomic E-state index is 12.4. The van der Waals surface area contributed by atoms with Crippen LogP contribution in [0.3, 0.4) is 0 Å². The monoisotopic (exact) mass is 314 g/mol. The van der Waals surface area contributed by atoms with E-state index in [1.165, 1.54) is 0 Å². The van der Waals surface area contributed by atoms with Crippen LogP contribution in [0.1, 0.15) is 18.6 Å². The molecule has 1 aliphatic rings. The van der Waals surface area contributed by atoms with E-state index < -0.39 is 6.04 Å². The fourth-order valence-electron chi connectivity index (χ4n) is 2.62. The maximum Gasteiger partial charge on any atom is 0.322 e. The van der Waals surface area contributed by atoms with Gasteiger partial charge in [0, 0.05) is 24.6 Å². The Balaban J connectivity index is 1.58. The van der Waals surface area contributed by atoms with E-state index in [-0.39, 0.29) is 11.9 Å².